The first-order valence-electron chi connectivity index (χ1n) is 10.3. The number of H-pyrrole nitrogens is 1. The third kappa shape index (κ3) is 3.27. The molecule has 6 nitrogen and oxygen atoms in total. The van der Waals surface area contributed by atoms with Crippen molar-refractivity contribution in [2.75, 3.05) is 31.6 Å². The van der Waals surface area contributed by atoms with Crippen LogP contribution in [0.15, 0.2) is 54.6 Å². The minimum Gasteiger partial charge on any atom is -0.373 e. The van der Waals surface area contributed by atoms with E-state index in [1.807, 2.05) is 35.2 Å². The lowest BCUT2D eigenvalue weighted by Crippen LogP contribution is -2.47. The zero-order valence-corrected chi connectivity index (χ0v) is 16.7. The second-order valence-electron chi connectivity index (χ2n) is 8.21. The third-order valence-corrected chi connectivity index (χ3v) is 6.54. The Bertz CT molecular complexity index is 1010. The maximum absolute atomic E-state index is 13.0. The van der Waals surface area contributed by atoms with E-state index in [-0.39, 0.29) is 11.5 Å². The number of nitrogens with zero attached hydrogens (tertiary/aromatic N) is 3. The highest BCUT2D eigenvalue weighted by molar-refractivity contribution is 6.04. The van der Waals surface area contributed by atoms with Gasteiger partial charge in [-0.3, -0.25) is 9.89 Å². The number of fused-ring (bicyclic) bond motifs is 1. The van der Waals surface area contributed by atoms with Gasteiger partial charge in [0, 0.05) is 31.2 Å². The minimum atomic E-state index is -0.113. The number of aromatic nitrogens is 2. The van der Waals surface area contributed by atoms with Crippen LogP contribution in [0.3, 0.4) is 0 Å². The molecule has 3 aromatic rings. The van der Waals surface area contributed by atoms with Gasteiger partial charge in [0.15, 0.2) is 5.69 Å². The summed E-state index contributed by atoms with van der Waals surface area (Å²) in [4.78, 5) is 17.3. The Kier molecular flexibility index (Phi) is 4.51. The highest BCUT2D eigenvalue weighted by atomic mass is 16.5. The van der Waals surface area contributed by atoms with Gasteiger partial charge in [0.2, 0.25) is 0 Å². The number of hydrogen-bond acceptors (Lipinski definition) is 4. The van der Waals surface area contributed by atoms with Crippen molar-refractivity contribution in [3.63, 3.8) is 0 Å². The molecule has 2 aliphatic rings. The molecule has 5 rings (SSSR count). The summed E-state index contributed by atoms with van der Waals surface area (Å²) in [6, 6.07) is 18.6. The fraction of sp³-hybridized carbons (Fsp3) is 0.391. The standard InChI is InChI=1S/C23H26N4O2/c1-26(17-7-3-2-4-8-17)18-15-23(29-16-18)11-13-27(14-12-23)22(28)21-19-9-5-6-10-20(19)24-25-21/h2-10,18H,11-16H2,1H3,(H,24,25). The van der Waals surface area contributed by atoms with Crippen LogP contribution in [-0.2, 0) is 4.74 Å². The summed E-state index contributed by atoms with van der Waals surface area (Å²) < 4.78 is 6.32. The molecule has 2 aliphatic heterocycles. The van der Waals surface area contributed by atoms with Crippen LogP contribution in [0.1, 0.15) is 29.8 Å². The van der Waals surface area contributed by atoms with Gasteiger partial charge in [0.05, 0.1) is 23.8 Å². The molecule has 6 heteroatoms. The summed E-state index contributed by atoms with van der Waals surface area (Å²) in [7, 11) is 2.14. The van der Waals surface area contributed by atoms with Crippen LogP contribution in [0.4, 0.5) is 5.69 Å². The molecule has 3 heterocycles. The van der Waals surface area contributed by atoms with E-state index in [2.05, 4.69) is 46.4 Å². The second kappa shape index (κ2) is 7.19. The Morgan fingerprint density at radius 2 is 1.86 bits per heavy atom. The van der Waals surface area contributed by atoms with Crippen LogP contribution >= 0.6 is 0 Å². The molecule has 2 saturated heterocycles. The monoisotopic (exact) mass is 390 g/mol. The van der Waals surface area contributed by atoms with E-state index < -0.39 is 0 Å². The van der Waals surface area contributed by atoms with E-state index in [0.29, 0.717) is 24.8 Å². The molecule has 2 fully saturated rings. The highest BCUT2D eigenvalue weighted by Gasteiger charge is 2.44. The molecule has 29 heavy (non-hydrogen) atoms. The van der Waals surface area contributed by atoms with E-state index in [4.69, 9.17) is 4.74 Å². The summed E-state index contributed by atoms with van der Waals surface area (Å²) in [5, 5.41) is 8.13. The molecule has 1 amide bonds. The van der Waals surface area contributed by atoms with Crippen LogP contribution in [0.5, 0.6) is 0 Å². The molecule has 2 aromatic carbocycles. The molecule has 1 unspecified atom stereocenters. The predicted molar refractivity (Wildman–Crippen MR) is 113 cm³/mol. The zero-order chi connectivity index (χ0) is 19.8. The van der Waals surface area contributed by atoms with Crippen LogP contribution in [-0.4, -0.2) is 59.4 Å². The summed E-state index contributed by atoms with van der Waals surface area (Å²) >= 11 is 0. The quantitative estimate of drug-likeness (QED) is 0.744. The van der Waals surface area contributed by atoms with Gasteiger partial charge < -0.3 is 14.5 Å². The van der Waals surface area contributed by atoms with Crippen molar-refractivity contribution in [2.45, 2.75) is 30.9 Å². The topological polar surface area (TPSA) is 61.5 Å². The summed E-state index contributed by atoms with van der Waals surface area (Å²) in [5.74, 6) is 0.00764. The summed E-state index contributed by atoms with van der Waals surface area (Å²) in [6.07, 6.45) is 2.76. The van der Waals surface area contributed by atoms with Gasteiger partial charge in [-0.1, -0.05) is 36.4 Å². The Morgan fingerprint density at radius 1 is 1.14 bits per heavy atom. The normalized spacial score (nSPS) is 21.0. The predicted octanol–water partition coefficient (Wildman–Crippen LogP) is 3.46. The SMILES string of the molecule is CN(c1ccccc1)C1COC2(CCN(C(=O)c3n[nH]c4ccccc34)CC2)C1. The van der Waals surface area contributed by atoms with Crippen molar-refractivity contribution >= 4 is 22.5 Å². The molecule has 0 radical (unpaired) electrons. The average Bonchev–Trinajstić information content (AvgIpc) is 3.39. The van der Waals surface area contributed by atoms with E-state index in [1.165, 1.54) is 5.69 Å². The first-order valence-corrected chi connectivity index (χ1v) is 10.3. The van der Waals surface area contributed by atoms with Crippen LogP contribution in [0, 0.1) is 0 Å². The lowest BCUT2D eigenvalue weighted by molar-refractivity contribution is -0.0389. The number of anilines is 1. The fourth-order valence-corrected chi connectivity index (χ4v) is 4.68. The number of para-hydroxylation sites is 2. The van der Waals surface area contributed by atoms with Crippen LogP contribution in [0.2, 0.25) is 0 Å². The van der Waals surface area contributed by atoms with Crippen LogP contribution < -0.4 is 4.90 Å². The third-order valence-electron chi connectivity index (χ3n) is 6.54. The van der Waals surface area contributed by atoms with Crippen molar-refractivity contribution in [1.29, 1.82) is 0 Å². The lowest BCUT2D eigenvalue weighted by atomic mass is 9.87. The second-order valence-corrected chi connectivity index (χ2v) is 8.21. The number of rotatable bonds is 3. The number of hydrogen-bond donors (Lipinski definition) is 1. The molecule has 1 N–H and O–H groups in total. The number of ether oxygens (including phenoxy) is 1. The van der Waals surface area contributed by atoms with E-state index >= 15 is 0 Å². The largest absolute Gasteiger partial charge is 0.373 e. The first kappa shape index (κ1) is 18.2. The zero-order valence-electron chi connectivity index (χ0n) is 16.7. The molecular formula is C23H26N4O2. The Morgan fingerprint density at radius 3 is 2.66 bits per heavy atom. The minimum absolute atomic E-state index is 0.00764. The number of carbonyl (C=O) groups is 1. The number of nitrogens with one attached hydrogen (secondary N) is 1. The smallest absolute Gasteiger partial charge is 0.274 e. The number of benzene rings is 2. The van der Waals surface area contributed by atoms with Gasteiger partial charge in [0.1, 0.15) is 0 Å². The van der Waals surface area contributed by atoms with Gasteiger partial charge in [-0.2, -0.15) is 5.10 Å². The average molecular weight is 390 g/mol. The number of carbonyl (C=O) groups excluding carboxylic acids is 1. The Balaban J connectivity index is 1.24. The number of amides is 1. The van der Waals surface area contributed by atoms with Gasteiger partial charge in [0.25, 0.3) is 5.91 Å². The van der Waals surface area contributed by atoms with Crippen molar-refractivity contribution in [1.82, 2.24) is 15.1 Å². The Hall–Kier alpha value is -2.86. The van der Waals surface area contributed by atoms with E-state index in [1.54, 1.807) is 0 Å². The number of piperidine rings is 1. The summed E-state index contributed by atoms with van der Waals surface area (Å²) in [6.45, 7) is 2.16. The van der Waals surface area contributed by atoms with Crippen molar-refractivity contribution in [3.8, 4) is 0 Å². The van der Waals surface area contributed by atoms with E-state index in [0.717, 1.165) is 36.8 Å². The molecule has 150 valence electrons. The molecule has 1 aromatic heterocycles. The van der Waals surface area contributed by atoms with Crippen molar-refractivity contribution in [3.05, 3.63) is 60.3 Å². The van der Waals surface area contributed by atoms with Crippen LogP contribution in [0.25, 0.3) is 10.9 Å². The van der Waals surface area contributed by atoms with Gasteiger partial charge in [-0.25, -0.2) is 0 Å². The summed E-state index contributed by atoms with van der Waals surface area (Å²) in [5.41, 5.74) is 2.52. The molecule has 1 atom stereocenters. The maximum Gasteiger partial charge on any atom is 0.274 e. The van der Waals surface area contributed by atoms with Gasteiger partial charge in [-0.05, 0) is 37.5 Å². The van der Waals surface area contributed by atoms with E-state index in [9.17, 15) is 4.79 Å². The highest BCUT2D eigenvalue weighted by Crippen LogP contribution is 2.38. The van der Waals surface area contributed by atoms with Gasteiger partial charge in [-0.15, -0.1) is 0 Å². The fourth-order valence-electron chi connectivity index (χ4n) is 4.68. The molecular weight excluding hydrogens is 364 g/mol. The van der Waals surface area contributed by atoms with Crippen molar-refractivity contribution in [2.24, 2.45) is 0 Å². The Labute approximate surface area is 170 Å². The molecule has 1 spiro atoms. The maximum atomic E-state index is 13.0. The number of likely N-dealkylation sites (N-methyl/N-ethyl adjacent to an activating group) is 1. The molecule has 0 saturated carbocycles. The molecule has 0 bridgehead atoms. The van der Waals surface area contributed by atoms with Crippen molar-refractivity contribution < 1.29 is 9.53 Å². The number of aromatic amines is 1. The molecule has 0 aliphatic carbocycles. The number of likely N-dealkylation sites (tertiary alicyclic amines) is 1. The van der Waals surface area contributed by atoms with Gasteiger partial charge >= 0.3 is 0 Å². The lowest BCUT2D eigenvalue weighted by Gasteiger charge is -2.38. The first-order chi connectivity index (χ1) is 14.2.